The highest BCUT2D eigenvalue weighted by atomic mass is 19.1. The number of rotatable bonds is 4. The minimum Gasteiger partial charge on any atom is -0.334 e. The quantitative estimate of drug-likeness (QED) is 0.723. The van der Waals surface area contributed by atoms with E-state index in [4.69, 9.17) is 0 Å². The maximum Gasteiger partial charge on any atom is 0.278 e. The smallest absolute Gasteiger partial charge is 0.278 e. The summed E-state index contributed by atoms with van der Waals surface area (Å²) in [7, 11) is 1.56. The summed E-state index contributed by atoms with van der Waals surface area (Å²) >= 11 is 0. The van der Waals surface area contributed by atoms with Gasteiger partial charge in [-0.3, -0.25) is 14.6 Å². The number of halogens is 1. The summed E-state index contributed by atoms with van der Waals surface area (Å²) in [6.45, 7) is 1.86. The lowest BCUT2D eigenvalue weighted by molar-refractivity contribution is 0.0774. The van der Waals surface area contributed by atoms with E-state index in [0.717, 1.165) is 0 Å². The van der Waals surface area contributed by atoms with Crippen molar-refractivity contribution in [2.45, 2.75) is 13.5 Å². The Morgan fingerprint density at radius 2 is 1.92 bits per heavy atom. The first-order chi connectivity index (χ1) is 12.5. The Labute approximate surface area is 149 Å². The Kier molecular flexibility index (Phi) is 4.88. The van der Waals surface area contributed by atoms with E-state index in [-0.39, 0.29) is 17.9 Å². The molecule has 0 bridgehead atoms. The Balaban J connectivity index is 1.97. The zero-order valence-electron chi connectivity index (χ0n) is 14.4. The molecule has 0 fully saturated rings. The van der Waals surface area contributed by atoms with E-state index < -0.39 is 17.2 Å². The summed E-state index contributed by atoms with van der Waals surface area (Å²) in [5.74, 6) is -1.04. The Morgan fingerprint density at radius 1 is 1.19 bits per heavy atom. The molecule has 1 amide bonds. The number of aromatic nitrogens is 3. The Bertz CT molecular complexity index is 1000. The molecule has 0 aliphatic carbocycles. The topological polar surface area (TPSA) is 68.1 Å². The van der Waals surface area contributed by atoms with Gasteiger partial charge in [0.05, 0.1) is 12.2 Å². The molecule has 0 radical (unpaired) electrons. The fourth-order valence-electron chi connectivity index (χ4n) is 2.55. The fraction of sp³-hybridized carbons (Fsp3) is 0.158. The van der Waals surface area contributed by atoms with Gasteiger partial charge in [-0.25, -0.2) is 9.07 Å². The molecule has 0 unspecified atom stereocenters. The molecule has 0 aliphatic rings. The van der Waals surface area contributed by atoms with Crippen molar-refractivity contribution in [2.24, 2.45) is 0 Å². The first-order valence-electron chi connectivity index (χ1n) is 7.98. The molecule has 0 saturated carbocycles. The van der Waals surface area contributed by atoms with Crippen molar-refractivity contribution < 1.29 is 9.18 Å². The summed E-state index contributed by atoms with van der Waals surface area (Å²) in [5, 5.41) is 4.12. The van der Waals surface area contributed by atoms with E-state index in [1.807, 2.05) is 6.07 Å². The number of amides is 1. The lowest BCUT2D eigenvalue weighted by atomic mass is 10.2. The van der Waals surface area contributed by atoms with Gasteiger partial charge in [0.2, 0.25) is 5.43 Å². The van der Waals surface area contributed by atoms with Crippen molar-refractivity contribution in [1.29, 1.82) is 0 Å². The molecule has 7 heteroatoms. The Morgan fingerprint density at radius 3 is 2.62 bits per heavy atom. The van der Waals surface area contributed by atoms with Crippen LogP contribution in [0.25, 0.3) is 5.69 Å². The van der Waals surface area contributed by atoms with Crippen molar-refractivity contribution in [2.75, 3.05) is 7.05 Å². The third kappa shape index (κ3) is 3.51. The number of nitrogens with zero attached hydrogens (tertiary/aromatic N) is 4. The van der Waals surface area contributed by atoms with E-state index in [1.54, 1.807) is 44.4 Å². The Hall–Kier alpha value is -3.35. The summed E-state index contributed by atoms with van der Waals surface area (Å²) < 4.78 is 15.4. The molecule has 132 valence electrons. The molecule has 0 saturated heterocycles. The number of benzene rings is 1. The lowest BCUT2D eigenvalue weighted by Gasteiger charge is -2.17. The van der Waals surface area contributed by atoms with Gasteiger partial charge in [0.1, 0.15) is 11.5 Å². The molecule has 2 aromatic heterocycles. The monoisotopic (exact) mass is 352 g/mol. The summed E-state index contributed by atoms with van der Waals surface area (Å²) in [6.07, 6.45) is 1.63. The average Bonchev–Trinajstić information content (AvgIpc) is 2.63. The summed E-state index contributed by atoms with van der Waals surface area (Å²) in [4.78, 5) is 30.5. The van der Waals surface area contributed by atoms with E-state index >= 15 is 0 Å². The van der Waals surface area contributed by atoms with Gasteiger partial charge in [0.15, 0.2) is 5.69 Å². The number of carbonyl (C=O) groups excluding carboxylic acids is 1. The van der Waals surface area contributed by atoms with Gasteiger partial charge in [0, 0.05) is 25.0 Å². The van der Waals surface area contributed by atoms with Gasteiger partial charge in [-0.15, -0.1) is 0 Å². The maximum atomic E-state index is 14.1. The molecule has 2 heterocycles. The van der Waals surface area contributed by atoms with Crippen LogP contribution in [0.15, 0.2) is 59.5 Å². The van der Waals surface area contributed by atoms with Crippen LogP contribution >= 0.6 is 0 Å². The minimum absolute atomic E-state index is 0.173. The van der Waals surface area contributed by atoms with Crippen LogP contribution < -0.4 is 5.43 Å². The van der Waals surface area contributed by atoms with Crippen LogP contribution in [-0.2, 0) is 6.54 Å². The first kappa shape index (κ1) is 17.5. The predicted octanol–water partition coefficient (Wildman–Crippen LogP) is 2.35. The second-order valence-corrected chi connectivity index (χ2v) is 5.84. The fourth-order valence-corrected chi connectivity index (χ4v) is 2.55. The molecule has 0 N–H and O–H groups in total. The largest absolute Gasteiger partial charge is 0.334 e. The number of aryl methyl sites for hydroxylation is 1. The van der Waals surface area contributed by atoms with Crippen LogP contribution in [0.4, 0.5) is 4.39 Å². The van der Waals surface area contributed by atoms with Crippen molar-refractivity contribution in [3.63, 3.8) is 0 Å². The van der Waals surface area contributed by atoms with E-state index in [0.29, 0.717) is 11.4 Å². The second kappa shape index (κ2) is 7.26. The standard InChI is InChI=1S/C19H17FN4O2/c1-13-11-17(25)18(22-24(13)16-9-4-3-8-15(16)20)19(26)23(2)12-14-7-5-6-10-21-14/h3-11H,12H2,1-2H3. The highest BCUT2D eigenvalue weighted by molar-refractivity contribution is 5.91. The lowest BCUT2D eigenvalue weighted by Crippen LogP contribution is -2.33. The minimum atomic E-state index is -0.550. The molecular formula is C19H17FN4O2. The van der Waals surface area contributed by atoms with Crippen molar-refractivity contribution >= 4 is 5.91 Å². The van der Waals surface area contributed by atoms with E-state index in [1.165, 1.54) is 27.8 Å². The predicted molar refractivity (Wildman–Crippen MR) is 94.6 cm³/mol. The number of carbonyl (C=O) groups is 1. The van der Waals surface area contributed by atoms with Crippen LogP contribution in [0.3, 0.4) is 0 Å². The van der Waals surface area contributed by atoms with Crippen molar-refractivity contribution in [3.8, 4) is 5.69 Å². The zero-order valence-corrected chi connectivity index (χ0v) is 14.4. The van der Waals surface area contributed by atoms with Crippen LogP contribution in [0.2, 0.25) is 0 Å². The number of para-hydroxylation sites is 1. The highest BCUT2D eigenvalue weighted by Crippen LogP contribution is 2.13. The number of hydrogen-bond acceptors (Lipinski definition) is 4. The average molecular weight is 352 g/mol. The first-order valence-corrected chi connectivity index (χ1v) is 7.98. The van der Waals surface area contributed by atoms with Crippen LogP contribution in [0.5, 0.6) is 0 Å². The van der Waals surface area contributed by atoms with Gasteiger partial charge in [-0.05, 0) is 31.2 Å². The zero-order chi connectivity index (χ0) is 18.7. The molecule has 26 heavy (non-hydrogen) atoms. The summed E-state index contributed by atoms with van der Waals surface area (Å²) in [6, 6.07) is 12.7. The van der Waals surface area contributed by atoms with Crippen LogP contribution in [-0.4, -0.2) is 32.6 Å². The highest BCUT2D eigenvalue weighted by Gasteiger charge is 2.20. The van der Waals surface area contributed by atoms with Crippen LogP contribution in [0, 0.1) is 12.7 Å². The number of pyridine rings is 1. The third-order valence-electron chi connectivity index (χ3n) is 3.86. The third-order valence-corrected chi connectivity index (χ3v) is 3.86. The number of hydrogen-bond donors (Lipinski definition) is 0. The van der Waals surface area contributed by atoms with E-state index in [9.17, 15) is 14.0 Å². The normalized spacial score (nSPS) is 10.6. The SMILES string of the molecule is Cc1cc(=O)c(C(=O)N(C)Cc2ccccn2)nn1-c1ccccc1F. The molecule has 3 aromatic rings. The molecule has 6 nitrogen and oxygen atoms in total. The van der Waals surface area contributed by atoms with Gasteiger partial charge in [-0.2, -0.15) is 5.10 Å². The molecule has 0 spiro atoms. The van der Waals surface area contributed by atoms with Gasteiger partial charge in [-0.1, -0.05) is 18.2 Å². The molecule has 1 aromatic carbocycles. The maximum absolute atomic E-state index is 14.1. The summed E-state index contributed by atoms with van der Waals surface area (Å²) in [5.41, 5.74) is 0.519. The van der Waals surface area contributed by atoms with E-state index in [2.05, 4.69) is 10.1 Å². The molecule has 0 atom stereocenters. The van der Waals surface area contributed by atoms with Crippen LogP contribution in [0.1, 0.15) is 21.9 Å². The molecular weight excluding hydrogens is 335 g/mol. The second-order valence-electron chi connectivity index (χ2n) is 5.84. The van der Waals surface area contributed by atoms with Gasteiger partial charge in [0.25, 0.3) is 5.91 Å². The van der Waals surface area contributed by atoms with Crippen molar-refractivity contribution in [3.05, 3.63) is 87.9 Å². The molecule has 3 rings (SSSR count). The van der Waals surface area contributed by atoms with Crippen molar-refractivity contribution in [1.82, 2.24) is 19.7 Å². The van der Waals surface area contributed by atoms with Gasteiger partial charge >= 0.3 is 0 Å². The molecule has 0 aliphatic heterocycles. The van der Waals surface area contributed by atoms with Gasteiger partial charge < -0.3 is 4.90 Å².